The number of esters is 1. The van der Waals surface area contributed by atoms with Crippen LogP contribution in [0.2, 0.25) is 0 Å². The molecule has 0 atom stereocenters. The van der Waals surface area contributed by atoms with Gasteiger partial charge in [0.15, 0.2) is 0 Å². The fraction of sp³-hybridized carbons (Fsp3) is 0.750. The summed E-state index contributed by atoms with van der Waals surface area (Å²) >= 11 is 0. The lowest BCUT2D eigenvalue weighted by Gasteiger charge is -2.04. The fourth-order valence-corrected chi connectivity index (χ4v) is 2.45. The number of unbranched alkanes of at least 4 members (excludes halogenated alkanes) is 12. The Morgan fingerprint density at radius 2 is 1.23 bits per heavy atom. The van der Waals surface area contributed by atoms with Crippen LogP contribution < -0.4 is 0 Å². The average molecular weight is 309 g/mol. The van der Waals surface area contributed by atoms with Gasteiger partial charge in [-0.3, -0.25) is 0 Å². The molecular formula is C20H36O2. The lowest BCUT2D eigenvalue weighted by molar-refractivity contribution is -0.139. The maximum atomic E-state index is 11.2. The third-order valence-corrected chi connectivity index (χ3v) is 3.88. The van der Waals surface area contributed by atoms with E-state index >= 15 is 0 Å². The molecule has 2 heteroatoms. The van der Waals surface area contributed by atoms with Gasteiger partial charge in [0.1, 0.15) is 0 Å². The molecule has 0 N–H and O–H groups in total. The summed E-state index contributed by atoms with van der Waals surface area (Å²) in [5, 5.41) is 0. The molecule has 0 saturated heterocycles. The van der Waals surface area contributed by atoms with E-state index in [1.54, 1.807) is 6.92 Å². The Morgan fingerprint density at radius 1 is 0.818 bits per heavy atom. The molecule has 0 saturated carbocycles. The van der Waals surface area contributed by atoms with Crippen LogP contribution in [0.5, 0.6) is 0 Å². The molecule has 0 aliphatic heterocycles. The minimum absolute atomic E-state index is 0.260. The summed E-state index contributed by atoms with van der Waals surface area (Å²) in [5.74, 6) is -0.260. The number of hydrogen-bond acceptors (Lipinski definition) is 2. The second kappa shape index (κ2) is 16.3. The zero-order valence-corrected chi connectivity index (χ0v) is 14.7. The first-order valence-electron chi connectivity index (χ1n) is 9.12. The molecule has 0 rings (SSSR count). The largest absolute Gasteiger partial charge is 0.462 e. The van der Waals surface area contributed by atoms with Crippen molar-refractivity contribution >= 4 is 5.97 Å². The Kier molecular flexibility index (Phi) is 15.5. The van der Waals surface area contributed by atoms with Crippen molar-refractivity contribution in [1.82, 2.24) is 0 Å². The van der Waals surface area contributed by atoms with E-state index in [1.165, 1.54) is 70.6 Å². The minimum atomic E-state index is -0.260. The van der Waals surface area contributed by atoms with Crippen molar-refractivity contribution in [1.29, 1.82) is 0 Å². The molecule has 0 unspecified atom stereocenters. The zero-order chi connectivity index (χ0) is 16.5. The summed E-state index contributed by atoms with van der Waals surface area (Å²) in [6.07, 6.45) is 18.9. The number of carbonyl (C=O) groups is 1. The highest BCUT2D eigenvalue weighted by atomic mass is 16.5. The van der Waals surface area contributed by atoms with Gasteiger partial charge < -0.3 is 4.74 Å². The van der Waals surface area contributed by atoms with Crippen LogP contribution in [0.15, 0.2) is 24.8 Å². The van der Waals surface area contributed by atoms with Crippen molar-refractivity contribution < 1.29 is 9.53 Å². The topological polar surface area (TPSA) is 26.3 Å². The van der Waals surface area contributed by atoms with Crippen LogP contribution in [-0.2, 0) is 9.53 Å². The molecule has 0 fully saturated rings. The van der Waals surface area contributed by atoms with Crippen molar-refractivity contribution in [3.8, 4) is 0 Å². The molecule has 2 nitrogen and oxygen atoms in total. The highest BCUT2D eigenvalue weighted by Crippen LogP contribution is 2.12. The second-order valence-electron chi connectivity index (χ2n) is 6.24. The Labute approximate surface area is 138 Å². The summed E-state index contributed by atoms with van der Waals surface area (Å²) in [7, 11) is 0. The Hall–Kier alpha value is -1.05. The van der Waals surface area contributed by atoms with Gasteiger partial charge in [-0.1, -0.05) is 76.9 Å². The molecule has 0 spiro atoms. The Morgan fingerprint density at radius 3 is 1.64 bits per heavy atom. The number of carbonyl (C=O) groups excluding carboxylic acids is 1. The highest BCUT2D eigenvalue weighted by Gasteiger charge is 2.01. The predicted octanol–water partition coefficient (Wildman–Crippen LogP) is 6.36. The van der Waals surface area contributed by atoms with Crippen LogP contribution in [0.1, 0.15) is 90.4 Å². The van der Waals surface area contributed by atoms with E-state index in [0.717, 1.165) is 12.8 Å². The molecule has 0 radical (unpaired) electrons. The van der Waals surface area contributed by atoms with Crippen molar-refractivity contribution in [2.24, 2.45) is 0 Å². The van der Waals surface area contributed by atoms with Crippen LogP contribution in [0.25, 0.3) is 0 Å². The molecule has 0 aromatic heterocycles. The van der Waals surface area contributed by atoms with E-state index in [1.807, 2.05) is 6.08 Å². The third kappa shape index (κ3) is 15.3. The third-order valence-electron chi connectivity index (χ3n) is 3.88. The first-order valence-corrected chi connectivity index (χ1v) is 9.12. The molecule has 0 aliphatic carbocycles. The highest BCUT2D eigenvalue weighted by molar-refractivity contribution is 5.86. The van der Waals surface area contributed by atoms with E-state index < -0.39 is 0 Å². The molecule has 128 valence electrons. The zero-order valence-electron chi connectivity index (χ0n) is 14.7. The van der Waals surface area contributed by atoms with Gasteiger partial charge in [-0.25, -0.2) is 4.79 Å². The number of hydrogen-bond donors (Lipinski definition) is 0. The van der Waals surface area contributed by atoms with Gasteiger partial charge in [0, 0.05) is 5.57 Å². The molecule has 0 heterocycles. The second-order valence-corrected chi connectivity index (χ2v) is 6.24. The molecule has 22 heavy (non-hydrogen) atoms. The van der Waals surface area contributed by atoms with Crippen LogP contribution in [0.3, 0.4) is 0 Å². The summed E-state index contributed by atoms with van der Waals surface area (Å²) in [4.78, 5) is 11.2. The fourth-order valence-electron chi connectivity index (χ4n) is 2.45. The molecule has 0 amide bonds. The van der Waals surface area contributed by atoms with Gasteiger partial charge in [0.2, 0.25) is 0 Å². The van der Waals surface area contributed by atoms with Gasteiger partial charge in [-0.05, 0) is 26.2 Å². The summed E-state index contributed by atoms with van der Waals surface area (Å²) in [6, 6.07) is 0. The van der Waals surface area contributed by atoms with Gasteiger partial charge in [0.05, 0.1) is 6.61 Å². The van der Waals surface area contributed by atoms with E-state index in [0.29, 0.717) is 12.2 Å². The van der Waals surface area contributed by atoms with E-state index in [4.69, 9.17) is 4.74 Å². The summed E-state index contributed by atoms with van der Waals surface area (Å²) in [6.45, 7) is 9.54. The Balaban J connectivity index is 3.07. The molecular weight excluding hydrogens is 272 g/mol. The van der Waals surface area contributed by atoms with Gasteiger partial charge in [-0.15, -0.1) is 6.58 Å². The normalized spacial score (nSPS) is 10.4. The van der Waals surface area contributed by atoms with Crippen molar-refractivity contribution in [2.75, 3.05) is 6.61 Å². The number of allylic oxidation sites excluding steroid dienone is 1. The van der Waals surface area contributed by atoms with Crippen LogP contribution in [-0.4, -0.2) is 12.6 Å². The minimum Gasteiger partial charge on any atom is -0.462 e. The van der Waals surface area contributed by atoms with Gasteiger partial charge in [-0.2, -0.15) is 0 Å². The SMILES string of the molecule is C=CCCCCCCCCCCCCCCOC(=O)C(=C)C. The quantitative estimate of drug-likeness (QED) is 0.143. The monoisotopic (exact) mass is 308 g/mol. The lowest BCUT2D eigenvalue weighted by Crippen LogP contribution is -2.05. The van der Waals surface area contributed by atoms with Crippen LogP contribution in [0.4, 0.5) is 0 Å². The molecule has 0 bridgehead atoms. The first-order chi connectivity index (χ1) is 10.7. The van der Waals surface area contributed by atoms with Crippen molar-refractivity contribution in [3.63, 3.8) is 0 Å². The molecule has 0 aliphatic rings. The van der Waals surface area contributed by atoms with Gasteiger partial charge in [0.25, 0.3) is 0 Å². The number of rotatable bonds is 16. The Bertz CT molecular complexity index is 294. The van der Waals surface area contributed by atoms with Crippen molar-refractivity contribution in [2.45, 2.75) is 90.4 Å². The first kappa shape index (κ1) is 20.9. The lowest BCUT2D eigenvalue weighted by atomic mass is 10.0. The van der Waals surface area contributed by atoms with Crippen molar-refractivity contribution in [3.05, 3.63) is 24.8 Å². The van der Waals surface area contributed by atoms with Gasteiger partial charge >= 0.3 is 5.97 Å². The standard InChI is InChI=1S/C20H36O2/c1-4-5-6-7-8-9-10-11-12-13-14-15-16-17-18-22-20(21)19(2)3/h4H,1-2,5-18H2,3H3. The maximum Gasteiger partial charge on any atom is 0.333 e. The summed E-state index contributed by atoms with van der Waals surface area (Å²) < 4.78 is 5.07. The van der Waals surface area contributed by atoms with E-state index in [9.17, 15) is 4.79 Å². The summed E-state index contributed by atoms with van der Waals surface area (Å²) in [5.41, 5.74) is 0.487. The van der Waals surface area contributed by atoms with E-state index in [-0.39, 0.29) is 5.97 Å². The molecule has 0 aromatic carbocycles. The smallest absolute Gasteiger partial charge is 0.333 e. The number of ether oxygens (including phenoxy) is 1. The average Bonchev–Trinajstić information content (AvgIpc) is 2.50. The van der Waals surface area contributed by atoms with Crippen LogP contribution in [0, 0.1) is 0 Å². The van der Waals surface area contributed by atoms with Crippen LogP contribution >= 0.6 is 0 Å². The maximum absolute atomic E-state index is 11.2. The predicted molar refractivity (Wildman–Crippen MR) is 96.0 cm³/mol. The van der Waals surface area contributed by atoms with E-state index in [2.05, 4.69) is 13.2 Å². The molecule has 0 aromatic rings.